The second-order valence-corrected chi connectivity index (χ2v) is 6.86. The van der Waals surface area contributed by atoms with Gasteiger partial charge in [0.05, 0.1) is 0 Å². The summed E-state index contributed by atoms with van der Waals surface area (Å²) in [7, 11) is 0. The van der Waals surface area contributed by atoms with Crippen LogP contribution < -0.4 is 5.32 Å². The van der Waals surface area contributed by atoms with E-state index in [1.54, 1.807) is 12.1 Å². The SMILES string of the molecule is O=C(NCCC=Cc1ccnc(F)c1)OCC1c2ccccc2-c2ccccc21. The van der Waals surface area contributed by atoms with Gasteiger partial charge in [-0.25, -0.2) is 9.78 Å². The molecule has 0 radical (unpaired) electrons. The molecule has 5 heteroatoms. The summed E-state index contributed by atoms with van der Waals surface area (Å²) >= 11 is 0. The van der Waals surface area contributed by atoms with Gasteiger partial charge in [-0.15, -0.1) is 0 Å². The number of nitrogens with one attached hydrogen (secondary N) is 1. The zero-order valence-electron chi connectivity index (χ0n) is 15.8. The molecular weight excluding hydrogens is 367 g/mol. The van der Waals surface area contributed by atoms with Crippen molar-refractivity contribution in [2.45, 2.75) is 12.3 Å². The van der Waals surface area contributed by atoms with Gasteiger partial charge in [0.2, 0.25) is 5.95 Å². The number of pyridine rings is 1. The number of carbonyl (C=O) groups is 1. The second kappa shape index (κ2) is 8.69. The van der Waals surface area contributed by atoms with E-state index in [0.29, 0.717) is 19.6 Å². The number of nitrogens with zero attached hydrogens (tertiary/aromatic N) is 1. The van der Waals surface area contributed by atoms with Crippen LogP contribution in [0.2, 0.25) is 0 Å². The maximum absolute atomic E-state index is 13.0. The lowest BCUT2D eigenvalue weighted by Crippen LogP contribution is -2.26. The molecule has 2 aromatic carbocycles. The zero-order chi connectivity index (χ0) is 20.1. The highest BCUT2D eigenvalue weighted by Crippen LogP contribution is 2.44. The Hall–Kier alpha value is -3.47. The maximum Gasteiger partial charge on any atom is 0.407 e. The molecule has 0 atom stereocenters. The minimum absolute atomic E-state index is 0.0506. The first-order valence-corrected chi connectivity index (χ1v) is 9.59. The van der Waals surface area contributed by atoms with Crippen LogP contribution in [0, 0.1) is 5.95 Å². The number of hydrogen-bond donors (Lipinski definition) is 1. The number of rotatable bonds is 6. The van der Waals surface area contributed by atoms with E-state index in [4.69, 9.17) is 4.74 Å². The third-order valence-electron chi connectivity index (χ3n) is 4.98. The lowest BCUT2D eigenvalue weighted by molar-refractivity contribution is 0.143. The summed E-state index contributed by atoms with van der Waals surface area (Å²) in [6.45, 7) is 0.743. The number of aromatic nitrogens is 1. The van der Waals surface area contributed by atoms with E-state index in [1.807, 2.05) is 30.3 Å². The molecule has 1 N–H and O–H groups in total. The van der Waals surface area contributed by atoms with Crippen LogP contribution >= 0.6 is 0 Å². The second-order valence-electron chi connectivity index (χ2n) is 6.86. The first kappa shape index (κ1) is 18.9. The van der Waals surface area contributed by atoms with E-state index in [-0.39, 0.29) is 5.92 Å². The summed E-state index contributed by atoms with van der Waals surface area (Å²) < 4.78 is 18.5. The highest BCUT2D eigenvalue weighted by atomic mass is 19.1. The molecule has 1 aliphatic rings. The van der Waals surface area contributed by atoms with E-state index in [2.05, 4.69) is 34.6 Å². The number of amides is 1. The number of fused-ring (bicyclic) bond motifs is 3. The molecule has 146 valence electrons. The zero-order valence-corrected chi connectivity index (χ0v) is 15.8. The standard InChI is InChI=1S/C24H21FN2O2/c25-23-15-17(12-14-26-23)7-5-6-13-27-24(28)29-16-22-20-10-3-1-8-18(20)19-9-2-4-11-21(19)22/h1-5,7-12,14-15,22H,6,13,16H2,(H,27,28). The molecule has 1 heterocycles. The minimum atomic E-state index is -0.510. The summed E-state index contributed by atoms with van der Waals surface area (Å²) in [5.74, 6) is -0.460. The summed E-state index contributed by atoms with van der Waals surface area (Å²) in [5.41, 5.74) is 5.52. The van der Waals surface area contributed by atoms with Crippen molar-refractivity contribution in [3.8, 4) is 11.1 Å². The average Bonchev–Trinajstić information content (AvgIpc) is 3.06. The molecule has 0 spiro atoms. The molecule has 1 aromatic heterocycles. The van der Waals surface area contributed by atoms with Crippen LogP contribution in [0.25, 0.3) is 17.2 Å². The number of benzene rings is 2. The van der Waals surface area contributed by atoms with Crippen molar-refractivity contribution in [2.75, 3.05) is 13.2 Å². The maximum atomic E-state index is 13.0. The van der Waals surface area contributed by atoms with Gasteiger partial charge < -0.3 is 10.1 Å². The smallest absolute Gasteiger partial charge is 0.407 e. The summed E-state index contributed by atoms with van der Waals surface area (Å²) in [6, 6.07) is 19.6. The molecule has 3 aromatic rings. The molecule has 0 unspecified atom stereocenters. The Morgan fingerprint density at radius 1 is 1.07 bits per heavy atom. The van der Waals surface area contributed by atoms with Crippen LogP contribution in [-0.4, -0.2) is 24.2 Å². The van der Waals surface area contributed by atoms with E-state index in [1.165, 1.54) is 34.5 Å². The highest BCUT2D eigenvalue weighted by molar-refractivity contribution is 5.79. The van der Waals surface area contributed by atoms with Gasteiger partial charge in [0.15, 0.2) is 0 Å². The molecule has 4 rings (SSSR count). The van der Waals surface area contributed by atoms with Gasteiger partial charge in [0.25, 0.3) is 0 Å². The minimum Gasteiger partial charge on any atom is -0.449 e. The summed E-state index contributed by atoms with van der Waals surface area (Å²) in [4.78, 5) is 15.6. The molecule has 0 aliphatic heterocycles. The molecule has 0 bridgehead atoms. The lowest BCUT2D eigenvalue weighted by atomic mass is 9.98. The van der Waals surface area contributed by atoms with Crippen LogP contribution in [0.5, 0.6) is 0 Å². The van der Waals surface area contributed by atoms with Crippen LogP contribution in [0.15, 0.2) is 72.9 Å². The number of hydrogen-bond acceptors (Lipinski definition) is 3. The van der Waals surface area contributed by atoms with Crippen LogP contribution in [0.4, 0.5) is 9.18 Å². The summed E-state index contributed by atoms with van der Waals surface area (Å²) in [6.07, 6.45) is 5.27. The van der Waals surface area contributed by atoms with E-state index in [0.717, 1.165) is 5.56 Å². The monoisotopic (exact) mass is 388 g/mol. The Bertz CT molecular complexity index is 1000. The third-order valence-corrected chi connectivity index (χ3v) is 4.98. The first-order valence-electron chi connectivity index (χ1n) is 9.59. The largest absolute Gasteiger partial charge is 0.449 e. The van der Waals surface area contributed by atoms with Gasteiger partial charge >= 0.3 is 6.09 Å². The van der Waals surface area contributed by atoms with Gasteiger partial charge in [0.1, 0.15) is 6.61 Å². The lowest BCUT2D eigenvalue weighted by Gasteiger charge is -2.14. The van der Waals surface area contributed by atoms with Gasteiger partial charge in [-0.05, 0) is 40.3 Å². The Balaban J connectivity index is 1.28. The van der Waals surface area contributed by atoms with Gasteiger partial charge in [-0.3, -0.25) is 0 Å². The van der Waals surface area contributed by atoms with Gasteiger partial charge in [-0.1, -0.05) is 60.7 Å². The van der Waals surface area contributed by atoms with Crippen molar-refractivity contribution in [2.24, 2.45) is 0 Å². The fourth-order valence-electron chi connectivity index (χ4n) is 3.65. The Kier molecular flexibility index (Phi) is 5.66. The predicted octanol–water partition coefficient (Wildman–Crippen LogP) is 5.16. The molecule has 1 amide bonds. The van der Waals surface area contributed by atoms with E-state index < -0.39 is 12.0 Å². The molecule has 0 saturated heterocycles. The Morgan fingerprint density at radius 3 is 2.45 bits per heavy atom. The first-order chi connectivity index (χ1) is 14.2. The molecule has 29 heavy (non-hydrogen) atoms. The fourth-order valence-corrected chi connectivity index (χ4v) is 3.65. The normalized spacial score (nSPS) is 12.6. The van der Waals surface area contributed by atoms with Crippen molar-refractivity contribution >= 4 is 12.2 Å². The van der Waals surface area contributed by atoms with Crippen LogP contribution in [-0.2, 0) is 4.74 Å². The molecule has 0 fully saturated rings. The Labute approximate surface area is 169 Å². The predicted molar refractivity (Wildman–Crippen MR) is 111 cm³/mol. The van der Waals surface area contributed by atoms with E-state index in [9.17, 15) is 9.18 Å². The Morgan fingerprint density at radius 2 is 1.76 bits per heavy atom. The van der Waals surface area contributed by atoms with Crippen molar-refractivity contribution in [3.05, 3.63) is 95.6 Å². The summed E-state index contributed by atoms with van der Waals surface area (Å²) in [5, 5.41) is 2.75. The number of ether oxygens (including phenoxy) is 1. The molecule has 0 saturated carbocycles. The van der Waals surface area contributed by atoms with Crippen molar-refractivity contribution in [3.63, 3.8) is 0 Å². The average molecular weight is 388 g/mol. The van der Waals surface area contributed by atoms with Crippen molar-refractivity contribution < 1.29 is 13.9 Å². The van der Waals surface area contributed by atoms with Crippen molar-refractivity contribution in [1.82, 2.24) is 10.3 Å². The van der Waals surface area contributed by atoms with Gasteiger partial charge in [0, 0.05) is 24.7 Å². The molecular formula is C24H21FN2O2. The molecule has 4 nitrogen and oxygen atoms in total. The third kappa shape index (κ3) is 4.35. The van der Waals surface area contributed by atoms with Crippen LogP contribution in [0.1, 0.15) is 29.0 Å². The quantitative estimate of drug-likeness (QED) is 0.469. The molecule has 1 aliphatic carbocycles. The van der Waals surface area contributed by atoms with Gasteiger partial charge in [-0.2, -0.15) is 4.39 Å². The fraction of sp³-hybridized carbons (Fsp3) is 0.167. The van der Waals surface area contributed by atoms with Crippen LogP contribution in [0.3, 0.4) is 0 Å². The topological polar surface area (TPSA) is 51.2 Å². The number of alkyl carbamates (subject to hydrolysis) is 1. The number of halogens is 1. The number of carbonyl (C=O) groups excluding carboxylic acids is 1. The van der Waals surface area contributed by atoms with E-state index >= 15 is 0 Å². The van der Waals surface area contributed by atoms with Crippen molar-refractivity contribution in [1.29, 1.82) is 0 Å². The highest BCUT2D eigenvalue weighted by Gasteiger charge is 2.28.